The fourth-order valence-corrected chi connectivity index (χ4v) is 3.41. The molecule has 1 aliphatic rings. The lowest BCUT2D eigenvalue weighted by atomic mass is 10.2. The van der Waals surface area contributed by atoms with E-state index >= 15 is 0 Å². The number of aryl methyl sites for hydroxylation is 1. The number of aromatic nitrogens is 3. The van der Waals surface area contributed by atoms with Crippen molar-refractivity contribution in [3.8, 4) is 0 Å². The number of nitrogen functional groups attached to an aromatic ring is 1. The van der Waals surface area contributed by atoms with Gasteiger partial charge in [-0.1, -0.05) is 43.7 Å². The molecule has 5 heteroatoms. The Balaban J connectivity index is 1.72. The molecule has 1 aliphatic carbocycles. The summed E-state index contributed by atoms with van der Waals surface area (Å²) in [5.74, 6) is 1.63. The molecule has 1 saturated carbocycles. The predicted molar refractivity (Wildman–Crippen MR) is 108 cm³/mol. The number of hydrogen-bond acceptors (Lipinski definition) is 4. The minimum absolute atomic E-state index is 0.523. The van der Waals surface area contributed by atoms with Crippen molar-refractivity contribution in [2.24, 2.45) is 0 Å². The van der Waals surface area contributed by atoms with Crippen LogP contribution in [-0.4, -0.2) is 27.1 Å². The predicted octanol–water partition coefficient (Wildman–Crippen LogP) is 3.82. The van der Waals surface area contributed by atoms with Gasteiger partial charge in [-0.05, 0) is 25.3 Å². The van der Waals surface area contributed by atoms with Crippen LogP contribution >= 0.6 is 0 Å². The van der Waals surface area contributed by atoms with Crippen molar-refractivity contribution >= 4 is 27.8 Å². The molecule has 136 valence electrons. The third-order valence-corrected chi connectivity index (χ3v) is 5.00. The molecule has 2 aromatic heterocycles. The number of benzene rings is 1. The smallest absolute Gasteiger partial charge is 0.152 e. The zero-order chi connectivity index (χ0) is 17.9. The lowest BCUT2D eigenvalue weighted by molar-refractivity contribution is 0.695. The fraction of sp³-hybridized carbons (Fsp3) is 0.429. The quantitative estimate of drug-likeness (QED) is 0.607. The van der Waals surface area contributed by atoms with Gasteiger partial charge in [0.1, 0.15) is 11.3 Å². The van der Waals surface area contributed by atoms with Gasteiger partial charge in [0.05, 0.1) is 11.0 Å². The van der Waals surface area contributed by atoms with E-state index in [1.165, 1.54) is 12.8 Å². The molecule has 0 radical (unpaired) electrons. The minimum atomic E-state index is 0.523. The normalized spacial score (nSPS) is 14.8. The largest absolute Gasteiger partial charge is 0.382 e. The van der Waals surface area contributed by atoms with Gasteiger partial charge >= 0.3 is 0 Å². The number of hydrogen-bond donors (Lipinski definition) is 2. The Morgan fingerprint density at radius 1 is 1.23 bits per heavy atom. The molecule has 1 fully saturated rings. The van der Waals surface area contributed by atoms with Gasteiger partial charge in [0.25, 0.3) is 0 Å². The maximum atomic E-state index is 6.23. The Kier molecular flexibility index (Phi) is 4.89. The van der Waals surface area contributed by atoms with Crippen LogP contribution in [0.1, 0.15) is 38.4 Å². The molecule has 2 heterocycles. The number of nitrogens with two attached hydrogens (primary N) is 1. The maximum absolute atomic E-state index is 6.23. The highest BCUT2D eigenvalue weighted by Crippen LogP contribution is 2.29. The van der Waals surface area contributed by atoms with Crippen molar-refractivity contribution in [2.45, 2.75) is 51.6 Å². The number of anilines is 1. The molecular weight excluding hydrogens is 322 g/mol. The number of imidazole rings is 1. The van der Waals surface area contributed by atoms with E-state index in [4.69, 9.17) is 10.7 Å². The van der Waals surface area contributed by atoms with Gasteiger partial charge in [-0.15, -0.1) is 0 Å². The summed E-state index contributed by atoms with van der Waals surface area (Å²) in [4.78, 5) is 9.41. The van der Waals surface area contributed by atoms with E-state index in [1.807, 2.05) is 12.1 Å². The number of rotatable bonds is 8. The molecule has 3 aromatic rings. The summed E-state index contributed by atoms with van der Waals surface area (Å²) in [6.45, 7) is 3.96. The lowest BCUT2D eigenvalue weighted by Gasteiger charge is -2.08. The fourth-order valence-electron chi connectivity index (χ4n) is 3.41. The van der Waals surface area contributed by atoms with Crippen LogP contribution < -0.4 is 11.1 Å². The van der Waals surface area contributed by atoms with Crippen molar-refractivity contribution in [3.05, 3.63) is 42.2 Å². The zero-order valence-corrected chi connectivity index (χ0v) is 15.4. The van der Waals surface area contributed by atoms with Crippen LogP contribution in [0.2, 0.25) is 0 Å². The summed E-state index contributed by atoms with van der Waals surface area (Å²) in [5.41, 5.74) is 9.11. The van der Waals surface area contributed by atoms with Gasteiger partial charge in [0.2, 0.25) is 0 Å². The second kappa shape index (κ2) is 7.46. The Labute approximate surface area is 154 Å². The van der Waals surface area contributed by atoms with Crippen LogP contribution in [0.5, 0.6) is 0 Å². The maximum Gasteiger partial charge on any atom is 0.152 e. The SMILES string of the molecule is CCCCc1nc2c(N)nc3ccccc3c2n1C/C=C/CNC1CC1. The molecule has 0 atom stereocenters. The summed E-state index contributed by atoms with van der Waals surface area (Å²) in [6.07, 6.45) is 10.3. The van der Waals surface area contributed by atoms with Crippen LogP contribution in [0.25, 0.3) is 21.9 Å². The molecule has 0 amide bonds. The molecular formula is C21H27N5. The Hall–Kier alpha value is -2.40. The second-order valence-electron chi connectivity index (χ2n) is 7.11. The first-order valence-corrected chi connectivity index (χ1v) is 9.69. The topological polar surface area (TPSA) is 68.8 Å². The molecule has 0 unspecified atom stereocenters. The molecule has 0 bridgehead atoms. The number of unbranched alkanes of at least 4 members (excludes halogenated alkanes) is 1. The van der Waals surface area contributed by atoms with Crippen LogP contribution in [0.4, 0.5) is 5.82 Å². The first kappa shape index (κ1) is 17.0. The summed E-state index contributed by atoms with van der Waals surface area (Å²) >= 11 is 0. The number of fused-ring (bicyclic) bond motifs is 3. The molecule has 0 aliphatic heterocycles. The summed E-state index contributed by atoms with van der Waals surface area (Å²) < 4.78 is 2.32. The van der Waals surface area contributed by atoms with Crippen molar-refractivity contribution in [3.63, 3.8) is 0 Å². The number of pyridine rings is 1. The highest BCUT2D eigenvalue weighted by atomic mass is 15.1. The Morgan fingerprint density at radius 3 is 2.88 bits per heavy atom. The van der Waals surface area contributed by atoms with E-state index in [0.717, 1.165) is 66.2 Å². The van der Waals surface area contributed by atoms with Gasteiger partial charge in [-0.25, -0.2) is 9.97 Å². The van der Waals surface area contributed by atoms with E-state index in [-0.39, 0.29) is 0 Å². The van der Waals surface area contributed by atoms with Crippen molar-refractivity contribution in [1.29, 1.82) is 0 Å². The summed E-state index contributed by atoms with van der Waals surface area (Å²) in [6, 6.07) is 8.93. The first-order valence-electron chi connectivity index (χ1n) is 9.69. The third-order valence-electron chi connectivity index (χ3n) is 5.00. The number of nitrogens with zero attached hydrogens (tertiary/aromatic N) is 3. The van der Waals surface area contributed by atoms with Crippen molar-refractivity contribution < 1.29 is 0 Å². The molecule has 0 spiro atoms. The number of allylic oxidation sites excluding steroid dienone is 1. The molecule has 5 nitrogen and oxygen atoms in total. The molecule has 1 aromatic carbocycles. The monoisotopic (exact) mass is 349 g/mol. The van der Waals surface area contributed by atoms with E-state index in [0.29, 0.717) is 5.82 Å². The third kappa shape index (κ3) is 3.44. The van der Waals surface area contributed by atoms with Crippen LogP contribution in [0.15, 0.2) is 36.4 Å². The highest BCUT2D eigenvalue weighted by Gasteiger charge is 2.19. The van der Waals surface area contributed by atoms with Gasteiger partial charge < -0.3 is 15.6 Å². The van der Waals surface area contributed by atoms with Crippen LogP contribution in [-0.2, 0) is 13.0 Å². The first-order chi connectivity index (χ1) is 12.8. The van der Waals surface area contributed by atoms with Crippen molar-refractivity contribution in [1.82, 2.24) is 19.9 Å². The van der Waals surface area contributed by atoms with E-state index in [9.17, 15) is 0 Å². The Bertz CT molecular complexity index is 936. The molecule has 3 N–H and O–H groups in total. The lowest BCUT2D eigenvalue weighted by Crippen LogP contribution is -2.15. The minimum Gasteiger partial charge on any atom is -0.382 e. The number of para-hydroxylation sites is 1. The zero-order valence-electron chi connectivity index (χ0n) is 15.4. The number of nitrogens with one attached hydrogen (secondary N) is 1. The van der Waals surface area contributed by atoms with E-state index in [1.54, 1.807) is 0 Å². The summed E-state index contributed by atoms with van der Waals surface area (Å²) in [7, 11) is 0. The van der Waals surface area contributed by atoms with Gasteiger partial charge in [-0.2, -0.15) is 0 Å². The van der Waals surface area contributed by atoms with E-state index in [2.05, 4.69) is 46.1 Å². The van der Waals surface area contributed by atoms with Crippen molar-refractivity contribution in [2.75, 3.05) is 12.3 Å². The molecule has 0 saturated heterocycles. The van der Waals surface area contributed by atoms with Gasteiger partial charge in [0.15, 0.2) is 5.82 Å². The van der Waals surface area contributed by atoms with E-state index < -0.39 is 0 Å². The average Bonchev–Trinajstić information content (AvgIpc) is 3.40. The average molecular weight is 349 g/mol. The molecule has 26 heavy (non-hydrogen) atoms. The molecule has 4 rings (SSSR count). The van der Waals surface area contributed by atoms with Gasteiger partial charge in [-0.3, -0.25) is 0 Å². The van der Waals surface area contributed by atoms with Gasteiger partial charge in [0, 0.05) is 30.9 Å². The summed E-state index contributed by atoms with van der Waals surface area (Å²) in [5, 5.41) is 4.64. The Morgan fingerprint density at radius 2 is 2.08 bits per heavy atom. The van der Waals surface area contributed by atoms with Crippen LogP contribution in [0, 0.1) is 0 Å². The highest BCUT2D eigenvalue weighted by molar-refractivity contribution is 6.06. The standard InChI is InChI=1S/C21H27N5/c1-2-3-10-18-25-19-20(16-8-4-5-9-17(16)24-21(19)22)26(18)14-7-6-13-23-15-11-12-15/h4-9,15,23H,2-3,10-14H2,1H3,(H2,22,24)/b7-6+. The van der Waals surface area contributed by atoms with Crippen LogP contribution in [0.3, 0.4) is 0 Å². The second-order valence-corrected chi connectivity index (χ2v) is 7.11.